The molecule has 0 unspecified atom stereocenters. The highest BCUT2D eigenvalue weighted by atomic mass is 16.6. The smallest absolute Gasteiger partial charge is 0.339 e. The van der Waals surface area contributed by atoms with Crippen molar-refractivity contribution < 1.29 is 19.1 Å². The number of carbonyl (C=O) groups excluding carboxylic acids is 2. The number of esters is 1. The first-order valence-corrected chi connectivity index (χ1v) is 11.6. The summed E-state index contributed by atoms with van der Waals surface area (Å²) >= 11 is 0. The zero-order valence-corrected chi connectivity index (χ0v) is 19.6. The molecule has 3 aromatic rings. The van der Waals surface area contributed by atoms with E-state index in [1.807, 2.05) is 50.2 Å². The van der Waals surface area contributed by atoms with Crippen LogP contribution in [0.4, 0.5) is 5.69 Å². The number of pyridine rings is 1. The van der Waals surface area contributed by atoms with E-state index in [-0.39, 0.29) is 11.9 Å². The second-order valence-electron chi connectivity index (χ2n) is 8.99. The third-order valence-corrected chi connectivity index (χ3v) is 5.94. The number of anilines is 1. The molecule has 0 saturated carbocycles. The van der Waals surface area contributed by atoms with Crippen LogP contribution < -0.4 is 15.4 Å². The summed E-state index contributed by atoms with van der Waals surface area (Å²) in [6, 6.07) is 16.6. The van der Waals surface area contributed by atoms with Gasteiger partial charge >= 0.3 is 5.97 Å². The van der Waals surface area contributed by atoms with Crippen LogP contribution in [-0.2, 0) is 21.6 Å². The summed E-state index contributed by atoms with van der Waals surface area (Å²) in [5, 5.41) is 6.13. The lowest BCUT2D eigenvalue weighted by Gasteiger charge is -2.18. The minimum Gasteiger partial charge on any atom is -0.457 e. The molecule has 1 amide bonds. The highest BCUT2D eigenvalue weighted by molar-refractivity contribution is 5.98. The maximum atomic E-state index is 12.6. The zero-order valence-electron chi connectivity index (χ0n) is 19.6. The van der Waals surface area contributed by atoms with Crippen LogP contribution in [0.2, 0.25) is 0 Å². The van der Waals surface area contributed by atoms with Gasteiger partial charge in [0.1, 0.15) is 28.6 Å². The highest BCUT2D eigenvalue weighted by Crippen LogP contribution is 2.37. The molecule has 0 radical (unpaired) electrons. The van der Waals surface area contributed by atoms with E-state index >= 15 is 0 Å². The zero-order chi connectivity index (χ0) is 24.4. The van der Waals surface area contributed by atoms with Crippen LogP contribution in [0.3, 0.4) is 0 Å². The molecule has 35 heavy (non-hydrogen) atoms. The topological polar surface area (TPSA) is 102 Å². The first-order valence-electron chi connectivity index (χ1n) is 11.6. The molecule has 3 heterocycles. The molecule has 0 aliphatic carbocycles. The van der Waals surface area contributed by atoms with Gasteiger partial charge in [-0.15, -0.1) is 0 Å². The van der Waals surface area contributed by atoms with Gasteiger partial charge in [-0.25, -0.2) is 4.79 Å². The monoisotopic (exact) mass is 470 g/mol. The van der Waals surface area contributed by atoms with Gasteiger partial charge in [0.15, 0.2) is 0 Å². The van der Waals surface area contributed by atoms with Crippen molar-refractivity contribution in [2.75, 3.05) is 18.4 Å². The number of ether oxygens (including phenoxy) is 2. The van der Waals surface area contributed by atoms with Gasteiger partial charge < -0.3 is 20.1 Å². The van der Waals surface area contributed by atoms with Crippen LogP contribution in [0, 0.1) is 0 Å². The highest BCUT2D eigenvalue weighted by Gasteiger charge is 2.37. The number of carbonyl (C=O) groups is 2. The summed E-state index contributed by atoms with van der Waals surface area (Å²) in [6.45, 7) is 5.24. The van der Waals surface area contributed by atoms with E-state index in [0.29, 0.717) is 35.6 Å². The fourth-order valence-corrected chi connectivity index (χ4v) is 4.20. The molecule has 5 rings (SSSR count). The summed E-state index contributed by atoms with van der Waals surface area (Å²) in [5.41, 5.74) is 3.00. The fourth-order valence-electron chi connectivity index (χ4n) is 4.20. The van der Waals surface area contributed by atoms with Gasteiger partial charge in [-0.2, -0.15) is 0 Å². The minimum atomic E-state index is -0.704. The van der Waals surface area contributed by atoms with Crippen molar-refractivity contribution in [2.24, 2.45) is 4.99 Å². The average Bonchev–Trinajstić information content (AvgIpc) is 3.45. The Morgan fingerprint density at radius 1 is 1.14 bits per heavy atom. The quantitative estimate of drug-likeness (QED) is 0.502. The minimum absolute atomic E-state index is 0.108. The van der Waals surface area contributed by atoms with Gasteiger partial charge in [0.25, 0.3) is 0 Å². The van der Waals surface area contributed by atoms with Crippen molar-refractivity contribution in [3.05, 3.63) is 83.2 Å². The van der Waals surface area contributed by atoms with E-state index in [1.54, 1.807) is 24.4 Å². The Bertz CT molecular complexity index is 1330. The van der Waals surface area contributed by atoms with Crippen LogP contribution in [0.15, 0.2) is 65.8 Å². The van der Waals surface area contributed by atoms with Crippen LogP contribution in [0.5, 0.6) is 11.5 Å². The second kappa shape index (κ2) is 9.21. The van der Waals surface area contributed by atoms with Crippen molar-refractivity contribution >= 4 is 23.4 Å². The SMILES string of the molecule is CC1(C)OC(=O)c2ccc(NC(=O)CCc3cccc(Oc4ccnc(C5=NCCN5)c4)c3)cc21. The number of nitrogens with zero attached hydrogens (tertiary/aromatic N) is 2. The molecule has 0 spiro atoms. The third kappa shape index (κ3) is 5.01. The summed E-state index contributed by atoms with van der Waals surface area (Å²) < 4.78 is 11.4. The Balaban J connectivity index is 1.20. The number of hydrogen-bond donors (Lipinski definition) is 2. The van der Waals surface area contributed by atoms with Crippen molar-refractivity contribution in [3.8, 4) is 11.5 Å². The maximum Gasteiger partial charge on any atom is 0.339 e. The molecule has 0 fully saturated rings. The number of amidine groups is 1. The second-order valence-corrected chi connectivity index (χ2v) is 8.99. The van der Waals surface area contributed by atoms with Gasteiger partial charge in [-0.05, 0) is 62.2 Å². The molecule has 2 N–H and O–H groups in total. The molecular formula is C27H26N4O4. The Morgan fingerprint density at radius 2 is 2.00 bits per heavy atom. The number of rotatable bonds is 7. The lowest BCUT2D eigenvalue weighted by Crippen LogP contribution is -2.20. The van der Waals surface area contributed by atoms with Crippen molar-refractivity contribution in [1.82, 2.24) is 10.3 Å². The Morgan fingerprint density at radius 3 is 2.83 bits per heavy atom. The van der Waals surface area contributed by atoms with Gasteiger partial charge in [-0.1, -0.05) is 12.1 Å². The lowest BCUT2D eigenvalue weighted by molar-refractivity contribution is -0.116. The Hall–Kier alpha value is -4.20. The van der Waals surface area contributed by atoms with Crippen LogP contribution in [-0.4, -0.2) is 35.8 Å². The standard InChI is InChI=1S/C27H26N4O4/c1-27(2)22-15-18(7-8-21(22)26(33)35-27)31-24(32)9-6-17-4-3-5-19(14-17)34-20-10-11-28-23(16-20)25-29-12-13-30-25/h3-5,7-8,10-11,14-16H,6,9,12-13H2,1-2H3,(H,29,30)(H,31,32). The first kappa shape index (κ1) is 22.6. The molecular weight excluding hydrogens is 444 g/mol. The van der Waals surface area contributed by atoms with E-state index in [9.17, 15) is 9.59 Å². The largest absolute Gasteiger partial charge is 0.457 e. The van der Waals surface area contributed by atoms with Gasteiger partial charge in [0.05, 0.1) is 12.1 Å². The molecule has 178 valence electrons. The van der Waals surface area contributed by atoms with Crippen LogP contribution in [0.1, 0.15) is 47.4 Å². The van der Waals surface area contributed by atoms with E-state index in [4.69, 9.17) is 9.47 Å². The number of hydrogen-bond acceptors (Lipinski definition) is 7. The molecule has 2 aliphatic rings. The van der Waals surface area contributed by atoms with E-state index in [2.05, 4.69) is 20.6 Å². The van der Waals surface area contributed by atoms with Crippen LogP contribution in [0.25, 0.3) is 0 Å². The molecule has 2 aliphatic heterocycles. The molecule has 0 bridgehead atoms. The number of cyclic esters (lactones) is 1. The number of benzene rings is 2. The predicted molar refractivity (Wildman–Crippen MR) is 132 cm³/mol. The van der Waals surface area contributed by atoms with Gasteiger partial charge in [0.2, 0.25) is 5.91 Å². The van der Waals surface area contributed by atoms with Gasteiger partial charge in [-0.3, -0.25) is 14.8 Å². The van der Waals surface area contributed by atoms with Gasteiger partial charge in [0, 0.05) is 36.5 Å². The third-order valence-electron chi connectivity index (χ3n) is 5.94. The number of fused-ring (bicyclic) bond motifs is 1. The predicted octanol–water partition coefficient (Wildman–Crippen LogP) is 4.20. The van der Waals surface area contributed by atoms with Crippen molar-refractivity contribution in [2.45, 2.75) is 32.3 Å². The summed E-state index contributed by atoms with van der Waals surface area (Å²) in [5.74, 6) is 1.69. The molecule has 8 heteroatoms. The molecule has 0 saturated heterocycles. The summed E-state index contributed by atoms with van der Waals surface area (Å²) in [7, 11) is 0. The molecule has 2 aromatic carbocycles. The fraction of sp³-hybridized carbons (Fsp3) is 0.259. The normalized spacial score (nSPS) is 15.6. The number of amides is 1. The number of nitrogens with one attached hydrogen (secondary N) is 2. The molecule has 8 nitrogen and oxygen atoms in total. The van der Waals surface area contributed by atoms with E-state index < -0.39 is 5.60 Å². The first-order chi connectivity index (χ1) is 16.9. The summed E-state index contributed by atoms with van der Waals surface area (Å²) in [4.78, 5) is 33.3. The van der Waals surface area contributed by atoms with E-state index in [1.165, 1.54) is 0 Å². The molecule has 0 atom stereocenters. The van der Waals surface area contributed by atoms with E-state index in [0.717, 1.165) is 35.7 Å². The Labute approximate surface area is 203 Å². The Kier molecular flexibility index (Phi) is 5.94. The van der Waals surface area contributed by atoms with Crippen molar-refractivity contribution in [3.63, 3.8) is 0 Å². The number of aryl methyl sites for hydroxylation is 1. The number of aliphatic imine (C=N–C) groups is 1. The average molecular weight is 471 g/mol. The summed E-state index contributed by atoms with van der Waals surface area (Å²) in [6.07, 6.45) is 2.57. The molecule has 1 aromatic heterocycles. The number of aromatic nitrogens is 1. The van der Waals surface area contributed by atoms with Crippen molar-refractivity contribution in [1.29, 1.82) is 0 Å². The van der Waals surface area contributed by atoms with Crippen LogP contribution >= 0.6 is 0 Å². The maximum absolute atomic E-state index is 12.6. The lowest BCUT2D eigenvalue weighted by atomic mass is 9.95.